The van der Waals surface area contributed by atoms with Crippen molar-refractivity contribution in [3.8, 4) is 0 Å². The summed E-state index contributed by atoms with van der Waals surface area (Å²) < 4.78 is 0. The Bertz CT molecular complexity index is 176. The molecule has 0 radical (unpaired) electrons. The van der Waals surface area contributed by atoms with Gasteiger partial charge in [0.25, 0.3) is 0 Å². The molecule has 0 fully saturated rings. The highest BCUT2D eigenvalue weighted by Crippen LogP contribution is 2.43. The van der Waals surface area contributed by atoms with Crippen molar-refractivity contribution in [2.24, 2.45) is 17.1 Å². The smallest absolute Gasteiger partial charge is 0.00744 e. The van der Waals surface area contributed by atoms with Crippen LogP contribution in [0.25, 0.3) is 0 Å². The van der Waals surface area contributed by atoms with Gasteiger partial charge in [-0.05, 0) is 30.7 Å². The summed E-state index contributed by atoms with van der Waals surface area (Å²) in [5.41, 5.74) is 6.42. The van der Waals surface area contributed by atoms with Crippen LogP contribution in [0.3, 0.4) is 0 Å². The molecule has 0 aliphatic carbocycles. The van der Waals surface area contributed by atoms with E-state index in [2.05, 4.69) is 27.7 Å². The van der Waals surface area contributed by atoms with Crippen molar-refractivity contribution < 1.29 is 0 Å². The Morgan fingerprint density at radius 3 is 1.74 bits per heavy atom. The van der Waals surface area contributed by atoms with Crippen molar-refractivity contribution >= 4 is 0 Å². The number of hydrogen-bond acceptors (Lipinski definition) is 1. The highest BCUT2D eigenvalue weighted by Gasteiger charge is 2.32. The molecule has 0 rings (SSSR count). The van der Waals surface area contributed by atoms with Crippen molar-refractivity contribution in [2.75, 3.05) is 6.54 Å². The number of hydrogen-bond donors (Lipinski definition) is 1. The third-order valence-electron chi connectivity index (χ3n) is 5.40. The summed E-state index contributed by atoms with van der Waals surface area (Å²) in [6, 6.07) is 0. The minimum absolute atomic E-state index is 0.558. The number of nitrogens with two attached hydrogens (primary N) is 1. The summed E-state index contributed by atoms with van der Waals surface area (Å²) in [5.74, 6) is 0.851. The summed E-state index contributed by atoms with van der Waals surface area (Å²) >= 11 is 0. The maximum absolute atomic E-state index is 5.86. The lowest BCUT2D eigenvalue weighted by Gasteiger charge is -2.39. The lowest BCUT2D eigenvalue weighted by Crippen LogP contribution is -2.30. The van der Waals surface area contributed by atoms with Crippen LogP contribution in [0.4, 0.5) is 0 Å². The predicted octanol–water partition coefficient (Wildman–Crippen LogP) is 5.92. The van der Waals surface area contributed by atoms with Crippen LogP contribution >= 0.6 is 0 Å². The molecule has 0 aliphatic rings. The predicted molar refractivity (Wildman–Crippen MR) is 88.5 cm³/mol. The van der Waals surface area contributed by atoms with E-state index in [1.165, 1.54) is 70.6 Å². The molecule has 0 aliphatic heterocycles. The van der Waals surface area contributed by atoms with Crippen molar-refractivity contribution in [2.45, 2.75) is 98.3 Å². The van der Waals surface area contributed by atoms with E-state index in [4.69, 9.17) is 5.73 Å². The Balaban J connectivity index is 4.16. The van der Waals surface area contributed by atoms with Gasteiger partial charge in [-0.25, -0.2) is 0 Å². The first-order chi connectivity index (χ1) is 9.20. The van der Waals surface area contributed by atoms with Gasteiger partial charge in [0.15, 0.2) is 0 Å². The highest BCUT2D eigenvalue weighted by molar-refractivity contribution is 4.83. The standard InChI is InChI=1S/C18H39N/c1-5-9-10-11-12-13-14-17(15-16-19)18(6-2,7-3)8-4/h17H,5-16,19H2,1-4H3. The van der Waals surface area contributed by atoms with Crippen LogP contribution in [-0.2, 0) is 0 Å². The van der Waals surface area contributed by atoms with Crippen LogP contribution in [-0.4, -0.2) is 6.54 Å². The van der Waals surface area contributed by atoms with E-state index >= 15 is 0 Å². The molecule has 0 spiro atoms. The summed E-state index contributed by atoms with van der Waals surface area (Å²) in [6.07, 6.45) is 15.0. The quantitative estimate of drug-likeness (QED) is 0.413. The van der Waals surface area contributed by atoms with Gasteiger partial charge in [0.05, 0.1) is 0 Å². The van der Waals surface area contributed by atoms with Crippen LogP contribution < -0.4 is 5.73 Å². The third kappa shape index (κ3) is 6.79. The molecule has 0 bridgehead atoms. The van der Waals surface area contributed by atoms with Crippen LogP contribution in [0, 0.1) is 11.3 Å². The molecule has 2 N–H and O–H groups in total. The second-order valence-electron chi connectivity index (χ2n) is 6.25. The van der Waals surface area contributed by atoms with E-state index in [1.54, 1.807) is 0 Å². The number of rotatable bonds is 13. The zero-order valence-corrected chi connectivity index (χ0v) is 14.1. The third-order valence-corrected chi connectivity index (χ3v) is 5.40. The van der Waals surface area contributed by atoms with Gasteiger partial charge in [-0.2, -0.15) is 0 Å². The van der Waals surface area contributed by atoms with Gasteiger partial charge in [0.2, 0.25) is 0 Å². The van der Waals surface area contributed by atoms with Crippen molar-refractivity contribution in [1.82, 2.24) is 0 Å². The first-order valence-corrected chi connectivity index (χ1v) is 8.90. The van der Waals surface area contributed by atoms with E-state index in [-0.39, 0.29) is 0 Å². The minimum Gasteiger partial charge on any atom is -0.330 e. The van der Waals surface area contributed by atoms with Gasteiger partial charge >= 0.3 is 0 Å². The van der Waals surface area contributed by atoms with Crippen molar-refractivity contribution in [3.05, 3.63) is 0 Å². The molecule has 1 unspecified atom stereocenters. The summed E-state index contributed by atoms with van der Waals surface area (Å²) in [4.78, 5) is 0. The van der Waals surface area contributed by atoms with E-state index in [0.717, 1.165) is 12.5 Å². The molecule has 0 aromatic carbocycles. The van der Waals surface area contributed by atoms with Gasteiger partial charge in [-0.3, -0.25) is 0 Å². The lowest BCUT2D eigenvalue weighted by atomic mass is 9.66. The van der Waals surface area contributed by atoms with E-state index in [9.17, 15) is 0 Å². The van der Waals surface area contributed by atoms with E-state index in [1.807, 2.05) is 0 Å². The fraction of sp³-hybridized carbons (Fsp3) is 1.00. The van der Waals surface area contributed by atoms with E-state index in [0.29, 0.717) is 5.41 Å². The molecule has 0 saturated carbocycles. The topological polar surface area (TPSA) is 26.0 Å². The molecule has 0 aromatic rings. The zero-order valence-electron chi connectivity index (χ0n) is 14.1. The molecule has 0 saturated heterocycles. The van der Waals surface area contributed by atoms with Gasteiger partial charge in [-0.15, -0.1) is 0 Å². The highest BCUT2D eigenvalue weighted by atomic mass is 14.5. The van der Waals surface area contributed by atoms with Gasteiger partial charge < -0.3 is 5.73 Å². The molecule has 0 heterocycles. The second kappa shape index (κ2) is 11.8. The molecule has 116 valence electrons. The minimum atomic E-state index is 0.558. The van der Waals surface area contributed by atoms with Crippen molar-refractivity contribution in [3.63, 3.8) is 0 Å². The van der Waals surface area contributed by atoms with Crippen LogP contribution in [0.2, 0.25) is 0 Å². The lowest BCUT2D eigenvalue weighted by molar-refractivity contribution is 0.116. The maximum atomic E-state index is 5.86. The SMILES string of the molecule is CCCCCCCCC(CCN)C(CC)(CC)CC. The Labute approximate surface area is 122 Å². The maximum Gasteiger partial charge on any atom is -0.00744 e. The summed E-state index contributed by atoms with van der Waals surface area (Å²) in [5, 5.41) is 0. The van der Waals surface area contributed by atoms with E-state index < -0.39 is 0 Å². The monoisotopic (exact) mass is 269 g/mol. The molecule has 1 atom stereocenters. The molecule has 19 heavy (non-hydrogen) atoms. The molecule has 1 nitrogen and oxygen atoms in total. The zero-order chi connectivity index (χ0) is 14.6. The first kappa shape index (κ1) is 19.0. The average Bonchev–Trinajstić information content (AvgIpc) is 2.45. The van der Waals surface area contributed by atoms with Gasteiger partial charge in [0, 0.05) is 0 Å². The Morgan fingerprint density at radius 1 is 0.737 bits per heavy atom. The first-order valence-electron chi connectivity index (χ1n) is 8.90. The average molecular weight is 270 g/mol. The number of unbranched alkanes of at least 4 members (excludes halogenated alkanes) is 5. The fourth-order valence-corrected chi connectivity index (χ4v) is 3.74. The van der Waals surface area contributed by atoms with Crippen molar-refractivity contribution in [1.29, 1.82) is 0 Å². The van der Waals surface area contributed by atoms with Crippen LogP contribution in [0.1, 0.15) is 98.3 Å². The van der Waals surface area contributed by atoms with Crippen LogP contribution in [0.5, 0.6) is 0 Å². The Kier molecular flexibility index (Phi) is 11.7. The molecule has 0 aromatic heterocycles. The molecular formula is C18H39N. The van der Waals surface area contributed by atoms with Crippen LogP contribution in [0.15, 0.2) is 0 Å². The second-order valence-corrected chi connectivity index (χ2v) is 6.25. The largest absolute Gasteiger partial charge is 0.330 e. The Hall–Kier alpha value is -0.0400. The fourth-order valence-electron chi connectivity index (χ4n) is 3.74. The molecule has 1 heteroatoms. The van der Waals surface area contributed by atoms with Gasteiger partial charge in [0.1, 0.15) is 0 Å². The van der Waals surface area contributed by atoms with Gasteiger partial charge in [-0.1, -0.05) is 85.5 Å². The molecule has 0 amide bonds. The summed E-state index contributed by atoms with van der Waals surface area (Å²) in [7, 11) is 0. The summed E-state index contributed by atoms with van der Waals surface area (Å²) in [6.45, 7) is 10.3. The Morgan fingerprint density at radius 2 is 1.26 bits per heavy atom. The normalized spacial score (nSPS) is 13.7. The molecular weight excluding hydrogens is 230 g/mol.